The maximum absolute atomic E-state index is 10.7. The molecule has 0 rings (SSSR count). The third-order valence-electron chi connectivity index (χ3n) is 1.85. The van der Waals surface area contributed by atoms with Crippen LogP contribution in [0.4, 0.5) is 0 Å². The molecule has 0 aliphatic carbocycles. The molecule has 0 fully saturated rings. The lowest BCUT2D eigenvalue weighted by molar-refractivity contribution is -0.137. The maximum atomic E-state index is 10.7. The van der Waals surface area contributed by atoms with Gasteiger partial charge in [0.05, 0.1) is 26.7 Å². The van der Waals surface area contributed by atoms with E-state index in [0.717, 1.165) is 22.9 Å². The van der Waals surface area contributed by atoms with E-state index < -0.39 is 9.12 Å². The van der Waals surface area contributed by atoms with Gasteiger partial charge in [0, 0.05) is 6.08 Å². The van der Waals surface area contributed by atoms with E-state index in [1.54, 1.807) is 0 Å². The zero-order valence-electron chi connectivity index (χ0n) is 9.01. The Balaban J connectivity index is 3.41. The van der Waals surface area contributed by atoms with Crippen LogP contribution in [0.5, 0.6) is 0 Å². The van der Waals surface area contributed by atoms with Crippen LogP contribution in [0.3, 0.4) is 0 Å². The number of carbonyl (C=O) groups is 1. The van der Waals surface area contributed by atoms with Gasteiger partial charge >= 0.3 is 5.97 Å². The summed E-state index contributed by atoms with van der Waals surface area (Å²) in [6, 6.07) is 1.15. The molecule has 0 aliphatic rings. The number of hydrogen-bond donors (Lipinski definition) is 2. The van der Waals surface area contributed by atoms with Crippen LogP contribution in [0.15, 0.2) is 12.7 Å². The second-order valence-corrected chi connectivity index (χ2v) is 9.24. The average Bonchev–Trinajstić information content (AvgIpc) is 2.22. The summed E-state index contributed by atoms with van der Waals surface area (Å²) < 4.78 is 11.9. The number of rotatable bonds is 8. The Morgan fingerprint density at radius 1 is 1.79 bits per heavy atom. The van der Waals surface area contributed by atoms with E-state index in [1.165, 1.54) is 6.08 Å². The summed E-state index contributed by atoms with van der Waals surface area (Å²) in [5.41, 5.74) is 0. The van der Waals surface area contributed by atoms with Gasteiger partial charge in [-0.15, -0.1) is 0 Å². The fourth-order valence-electron chi connectivity index (χ4n) is 1.11. The fraction of sp³-hybridized carbons (Fsp3) is 0.571. The lowest BCUT2D eigenvalue weighted by atomic mass is 10.5. The largest absolute Gasteiger partial charge is 0.463 e. The number of nitrogens with one attached hydrogen (secondary N) is 2. The summed E-state index contributed by atoms with van der Waals surface area (Å²) >= 11 is 0. The van der Waals surface area contributed by atoms with Crippen LogP contribution in [-0.2, 0) is 9.53 Å². The van der Waals surface area contributed by atoms with Gasteiger partial charge in [0.25, 0.3) is 0 Å². The van der Waals surface area contributed by atoms with Gasteiger partial charge in [-0.2, -0.15) is 0 Å². The molecule has 0 radical (unpaired) electrons. The van der Waals surface area contributed by atoms with Crippen LogP contribution >= 0.6 is 0 Å². The minimum Gasteiger partial charge on any atom is -0.463 e. The number of ether oxygens (including phenoxy) is 1. The van der Waals surface area contributed by atoms with Crippen molar-refractivity contribution in [1.29, 1.82) is 0 Å². The second-order valence-electron chi connectivity index (χ2n) is 2.91. The Kier molecular flexibility index (Phi) is 9.19. The van der Waals surface area contributed by atoms with E-state index in [1.807, 2.05) is 0 Å². The Hall–Kier alpha value is -0.219. The van der Waals surface area contributed by atoms with Crippen molar-refractivity contribution in [3.8, 4) is 0 Å². The monoisotopic (exact) mass is 248 g/mol. The molecule has 0 spiro atoms. The lowest BCUT2D eigenvalue weighted by Gasteiger charge is -2.14. The molecule has 0 aliphatic heterocycles. The number of esters is 1. The molecule has 1 unspecified atom stereocenters. The molecule has 0 aromatic carbocycles. The molecule has 14 heavy (non-hydrogen) atoms. The van der Waals surface area contributed by atoms with Crippen LogP contribution in [0, 0.1) is 0 Å². The zero-order valence-corrected chi connectivity index (χ0v) is 13.6. The van der Waals surface area contributed by atoms with Gasteiger partial charge in [0.2, 0.25) is 0 Å². The van der Waals surface area contributed by atoms with Crippen molar-refractivity contribution in [3.05, 3.63) is 12.7 Å². The molecule has 0 saturated carbocycles. The summed E-state index contributed by atoms with van der Waals surface area (Å²) in [6.45, 7) is 6.11. The first-order valence-corrected chi connectivity index (χ1v) is 10.0. The minimum atomic E-state index is -0.878. The molecule has 7 heteroatoms. The molecule has 0 aromatic heterocycles. The first-order chi connectivity index (χ1) is 6.74. The number of carbonyl (C=O) groups excluding carboxylic acids is 1. The predicted octanol–water partition coefficient (Wildman–Crippen LogP) is -2.08. The molecule has 4 nitrogen and oxygen atoms in total. The molecule has 0 amide bonds. The van der Waals surface area contributed by atoms with Crippen molar-refractivity contribution in [2.45, 2.75) is 19.0 Å². The summed E-state index contributed by atoms with van der Waals surface area (Å²) in [4.78, 5) is 10.7. The third kappa shape index (κ3) is 7.21. The first-order valence-electron chi connectivity index (χ1n) is 4.94. The fourth-order valence-corrected chi connectivity index (χ4v) is 8.28. The van der Waals surface area contributed by atoms with Crippen molar-refractivity contribution in [1.82, 2.24) is 9.30 Å². The summed E-state index contributed by atoms with van der Waals surface area (Å²) in [6.07, 6.45) is 2.16. The van der Waals surface area contributed by atoms with Crippen LogP contribution in [-0.4, -0.2) is 41.8 Å². The number of hydrogen-bond acceptors (Lipinski definition) is 4. The predicted molar refractivity (Wildman–Crippen MR) is 68.3 cm³/mol. The molecule has 0 aromatic rings. The van der Waals surface area contributed by atoms with Gasteiger partial charge in [-0.05, 0) is 12.5 Å². The van der Waals surface area contributed by atoms with Gasteiger partial charge in [-0.1, -0.05) is 13.1 Å². The van der Waals surface area contributed by atoms with Crippen LogP contribution < -0.4 is 9.30 Å². The highest BCUT2D eigenvalue weighted by molar-refractivity contribution is 6.66. The normalized spacial score (nSPS) is 13.2. The van der Waals surface area contributed by atoms with Gasteiger partial charge in [0.1, 0.15) is 0 Å². The van der Waals surface area contributed by atoms with E-state index >= 15 is 0 Å². The Bertz CT molecular complexity index is 180. The SMILES string of the molecule is C=CC(=O)OCCC[SiH](N[SiH3])N[SiH2]C. The van der Waals surface area contributed by atoms with Crippen LogP contribution in [0.2, 0.25) is 12.6 Å². The van der Waals surface area contributed by atoms with Crippen molar-refractivity contribution in [2.75, 3.05) is 6.61 Å². The molecule has 1 atom stereocenters. The molecule has 2 N–H and O–H groups in total. The smallest absolute Gasteiger partial charge is 0.330 e. The highest BCUT2D eigenvalue weighted by atomic mass is 28.4. The van der Waals surface area contributed by atoms with E-state index in [0.29, 0.717) is 6.61 Å². The molecule has 0 bridgehead atoms. The summed E-state index contributed by atoms with van der Waals surface area (Å²) in [5, 5.41) is 0. The zero-order chi connectivity index (χ0) is 10.8. The quantitative estimate of drug-likeness (QED) is 0.224. The summed E-state index contributed by atoms with van der Waals surface area (Å²) in [7, 11) is 0.120. The Morgan fingerprint density at radius 3 is 3.00 bits per heavy atom. The summed E-state index contributed by atoms with van der Waals surface area (Å²) in [5.74, 6) is -0.320. The minimum absolute atomic E-state index is 0.0512. The highest BCUT2D eigenvalue weighted by Gasteiger charge is 2.05. The Labute approximate surface area is 92.7 Å². The lowest BCUT2D eigenvalue weighted by Crippen LogP contribution is -2.47. The van der Waals surface area contributed by atoms with E-state index in [2.05, 4.69) is 22.4 Å². The van der Waals surface area contributed by atoms with E-state index in [9.17, 15) is 4.79 Å². The van der Waals surface area contributed by atoms with Crippen molar-refractivity contribution in [2.24, 2.45) is 0 Å². The first kappa shape index (κ1) is 13.8. The van der Waals surface area contributed by atoms with Gasteiger partial charge in [-0.3, -0.25) is 0 Å². The maximum Gasteiger partial charge on any atom is 0.330 e. The molecular weight excluding hydrogens is 228 g/mol. The third-order valence-corrected chi connectivity index (χ3v) is 9.22. The average molecular weight is 249 g/mol. The van der Waals surface area contributed by atoms with Gasteiger partial charge < -0.3 is 14.0 Å². The van der Waals surface area contributed by atoms with E-state index in [-0.39, 0.29) is 15.7 Å². The second kappa shape index (κ2) is 9.34. The van der Waals surface area contributed by atoms with Crippen molar-refractivity contribution in [3.63, 3.8) is 0 Å². The standard InChI is InChI=1S/C7H20N2O2Si3/c1-3-7(10)11-5-4-6-14(8-12)9-13-2/h3,8-9,14H,1,4-6,13H2,2,12H3. The topological polar surface area (TPSA) is 50.4 Å². The van der Waals surface area contributed by atoms with Gasteiger partial charge in [0.15, 0.2) is 9.12 Å². The highest BCUT2D eigenvalue weighted by Crippen LogP contribution is 1.93. The van der Waals surface area contributed by atoms with Crippen molar-refractivity contribution >= 4 is 35.2 Å². The van der Waals surface area contributed by atoms with Gasteiger partial charge in [-0.25, -0.2) is 4.79 Å². The molecule has 0 saturated heterocycles. The Morgan fingerprint density at radius 2 is 2.50 bits per heavy atom. The molecule has 82 valence electrons. The van der Waals surface area contributed by atoms with Crippen LogP contribution in [0.1, 0.15) is 6.42 Å². The van der Waals surface area contributed by atoms with Crippen molar-refractivity contribution < 1.29 is 9.53 Å². The molecule has 0 heterocycles. The van der Waals surface area contributed by atoms with E-state index in [4.69, 9.17) is 4.74 Å². The molecular formula is C7H20N2O2Si3. The van der Waals surface area contributed by atoms with Crippen LogP contribution in [0.25, 0.3) is 0 Å².